The SMILES string of the molecule is CC(O)(P(=O)(O)O)P(=O)(O)O.[Ca]. The van der Waals surface area contributed by atoms with Gasteiger partial charge in [0.25, 0.3) is 5.08 Å². The Morgan fingerprint density at radius 1 is 1.00 bits per heavy atom. The molecular formula is C2H8CaO7P2. The minimum atomic E-state index is -5.20. The minimum absolute atomic E-state index is 0. The van der Waals surface area contributed by atoms with Crippen molar-refractivity contribution in [3.05, 3.63) is 0 Å². The van der Waals surface area contributed by atoms with E-state index in [1.165, 1.54) is 0 Å². The third-order valence-electron chi connectivity index (χ3n) is 1.10. The molecule has 0 saturated carbocycles. The van der Waals surface area contributed by atoms with Gasteiger partial charge in [-0.3, -0.25) is 9.13 Å². The van der Waals surface area contributed by atoms with E-state index in [0.29, 0.717) is 6.92 Å². The van der Waals surface area contributed by atoms with Crippen LogP contribution in [0.5, 0.6) is 0 Å². The average molecular weight is 246 g/mol. The molecule has 70 valence electrons. The molecule has 0 amide bonds. The molecule has 0 aromatic carbocycles. The Morgan fingerprint density at radius 2 is 1.17 bits per heavy atom. The van der Waals surface area contributed by atoms with Gasteiger partial charge in [-0.25, -0.2) is 0 Å². The normalized spacial score (nSPS) is 13.8. The summed E-state index contributed by atoms with van der Waals surface area (Å²) in [6, 6.07) is 0. The molecule has 0 bridgehead atoms. The maximum absolute atomic E-state index is 10.3. The van der Waals surface area contributed by atoms with Crippen molar-refractivity contribution in [1.82, 2.24) is 0 Å². The van der Waals surface area contributed by atoms with Crippen molar-refractivity contribution in [3.63, 3.8) is 0 Å². The maximum Gasteiger partial charge on any atom is 0.369 e. The van der Waals surface area contributed by atoms with Crippen LogP contribution >= 0.6 is 15.2 Å². The van der Waals surface area contributed by atoms with Crippen LogP contribution in [0.15, 0.2) is 0 Å². The topological polar surface area (TPSA) is 135 Å². The molecule has 2 radical (unpaired) electrons. The van der Waals surface area contributed by atoms with Crippen molar-refractivity contribution in [3.8, 4) is 0 Å². The van der Waals surface area contributed by atoms with E-state index < -0.39 is 20.3 Å². The standard InChI is InChI=1S/C2H8O7P2.Ca/c1-2(3,10(4,5)6)11(7,8)9;/h3H,1H3,(H2,4,5,6)(H2,7,8,9);. The first-order valence-corrected chi connectivity index (χ1v) is 5.56. The quantitative estimate of drug-likeness (QED) is 0.299. The van der Waals surface area contributed by atoms with Gasteiger partial charge in [0.15, 0.2) is 0 Å². The zero-order valence-corrected chi connectivity index (χ0v) is 10.2. The fourth-order valence-corrected chi connectivity index (χ4v) is 1.53. The summed E-state index contributed by atoms with van der Waals surface area (Å²) in [5.74, 6) is 0. The number of hydrogen-bond donors (Lipinski definition) is 5. The summed E-state index contributed by atoms with van der Waals surface area (Å²) in [5, 5.41) is 5.37. The van der Waals surface area contributed by atoms with Crippen LogP contribution in [0, 0.1) is 0 Å². The van der Waals surface area contributed by atoms with Gasteiger partial charge in [-0.2, -0.15) is 0 Å². The first-order valence-electron chi connectivity index (χ1n) is 2.34. The van der Waals surface area contributed by atoms with Crippen LogP contribution in [0.25, 0.3) is 0 Å². The van der Waals surface area contributed by atoms with Gasteiger partial charge in [-0.1, -0.05) is 0 Å². The zero-order valence-electron chi connectivity index (χ0n) is 6.15. The first kappa shape index (κ1) is 16.0. The predicted molar refractivity (Wildman–Crippen MR) is 40.5 cm³/mol. The van der Waals surface area contributed by atoms with E-state index in [9.17, 15) is 9.13 Å². The van der Waals surface area contributed by atoms with Gasteiger partial charge in [-0.15, -0.1) is 0 Å². The van der Waals surface area contributed by atoms with Gasteiger partial charge >= 0.3 is 15.2 Å². The Kier molecular flexibility index (Phi) is 5.80. The van der Waals surface area contributed by atoms with Gasteiger partial charge in [0.1, 0.15) is 0 Å². The van der Waals surface area contributed by atoms with Crippen molar-refractivity contribution in [2.45, 2.75) is 12.0 Å². The molecule has 0 saturated heterocycles. The third-order valence-corrected chi connectivity index (χ3v) is 4.87. The van der Waals surface area contributed by atoms with Crippen molar-refractivity contribution < 1.29 is 33.8 Å². The number of rotatable bonds is 2. The molecule has 0 aromatic rings. The van der Waals surface area contributed by atoms with Crippen LogP contribution in [-0.4, -0.2) is 67.5 Å². The summed E-state index contributed by atoms with van der Waals surface area (Å²) in [7, 11) is -10.4. The molecule has 0 rings (SSSR count). The second-order valence-electron chi connectivity index (χ2n) is 2.06. The monoisotopic (exact) mass is 246 g/mol. The summed E-state index contributed by atoms with van der Waals surface area (Å²) < 4.78 is 20.5. The third kappa shape index (κ3) is 3.35. The van der Waals surface area contributed by atoms with Crippen LogP contribution in [0.4, 0.5) is 0 Å². The minimum Gasteiger partial charge on any atom is -0.368 e. The fraction of sp³-hybridized carbons (Fsp3) is 1.00. The van der Waals surface area contributed by atoms with Crippen LogP contribution in [0.3, 0.4) is 0 Å². The van der Waals surface area contributed by atoms with Crippen LogP contribution in [0.2, 0.25) is 0 Å². The fourth-order valence-electron chi connectivity index (χ4n) is 0.170. The van der Waals surface area contributed by atoms with Gasteiger partial charge in [0.2, 0.25) is 0 Å². The molecule has 0 aliphatic rings. The summed E-state index contributed by atoms with van der Waals surface area (Å²) in [4.78, 5) is 33.0. The predicted octanol–water partition coefficient (Wildman–Crippen LogP) is -1.37. The zero-order chi connectivity index (χ0) is 9.50. The molecule has 5 N–H and O–H groups in total. The molecule has 0 unspecified atom stereocenters. The van der Waals surface area contributed by atoms with Crippen molar-refractivity contribution >= 4 is 52.9 Å². The van der Waals surface area contributed by atoms with E-state index in [-0.39, 0.29) is 37.7 Å². The average Bonchev–Trinajstić information content (AvgIpc) is 1.58. The molecule has 7 nitrogen and oxygen atoms in total. The molecule has 12 heavy (non-hydrogen) atoms. The molecule has 0 spiro atoms. The molecular weight excluding hydrogens is 238 g/mol. The van der Waals surface area contributed by atoms with Crippen molar-refractivity contribution in [1.29, 1.82) is 0 Å². The van der Waals surface area contributed by atoms with Crippen LogP contribution in [0.1, 0.15) is 6.92 Å². The molecule has 10 heteroatoms. The van der Waals surface area contributed by atoms with Gasteiger partial charge in [-0.05, 0) is 6.92 Å². The van der Waals surface area contributed by atoms with E-state index in [2.05, 4.69) is 0 Å². The van der Waals surface area contributed by atoms with Gasteiger partial charge < -0.3 is 24.7 Å². The van der Waals surface area contributed by atoms with Crippen molar-refractivity contribution in [2.24, 2.45) is 0 Å². The Balaban J connectivity index is 0. The van der Waals surface area contributed by atoms with Crippen molar-refractivity contribution in [2.75, 3.05) is 0 Å². The van der Waals surface area contributed by atoms with E-state index in [0.717, 1.165) is 0 Å². The summed E-state index contributed by atoms with van der Waals surface area (Å²) in [5.41, 5.74) is 0. The molecule has 0 atom stereocenters. The number of aliphatic hydroxyl groups is 1. The van der Waals surface area contributed by atoms with E-state index >= 15 is 0 Å². The van der Waals surface area contributed by atoms with Crippen LogP contribution in [-0.2, 0) is 9.13 Å². The molecule has 0 aliphatic carbocycles. The molecule has 0 aliphatic heterocycles. The second kappa shape index (κ2) is 4.36. The van der Waals surface area contributed by atoms with Gasteiger partial charge in [0.05, 0.1) is 0 Å². The maximum atomic E-state index is 10.3. The molecule has 0 fully saturated rings. The van der Waals surface area contributed by atoms with E-state index in [1.807, 2.05) is 0 Å². The van der Waals surface area contributed by atoms with E-state index in [4.69, 9.17) is 24.7 Å². The number of hydrogen-bond acceptors (Lipinski definition) is 3. The summed E-state index contributed by atoms with van der Waals surface area (Å²) in [6.07, 6.45) is 0. The summed E-state index contributed by atoms with van der Waals surface area (Å²) >= 11 is 0. The largest absolute Gasteiger partial charge is 0.369 e. The Hall–Kier alpha value is 1.52. The van der Waals surface area contributed by atoms with E-state index in [1.54, 1.807) is 0 Å². The molecule has 0 aromatic heterocycles. The Morgan fingerprint density at radius 3 is 1.17 bits per heavy atom. The Labute approximate surface area is 98.1 Å². The van der Waals surface area contributed by atoms with Crippen LogP contribution < -0.4 is 0 Å². The Bertz CT molecular complexity index is 212. The summed E-state index contributed by atoms with van der Waals surface area (Å²) in [6.45, 7) is 0.383. The first-order chi connectivity index (χ1) is 4.50. The molecule has 0 heterocycles. The second-order valence-corrected chi connectivity index (χ2v) is 6.33. The van der Waals surface area contributed by atoms with Gasteiger partial charge in [0, 0.05) is 37.7 Å². The smallest absolute Gasteiger partial charge is 0.368 e.